The van der Waals surface area contributed by atoms with Gasteiger partial charge in [-0.1, -0.05) is 0 Å². The lowest BCUT2D eigenvalue weighted by atomic mass is 10.1. The summed E-state index contributed by atoms with van der Waals surface area (Å²) >= 11 is 0. The van der Waals surface area contributed by atoms with Crippen LogP contribution in [0.15, 0.2) is 29.4 Å². The van der Waals surface area contributed by atoms with E-state index < -0.39 is 12.7 Å². The first-order chi connectivity index (χ1) is 13.3. The molecule has 1 aromatic carbocycles. The first kappa shape index (κ1) is 23.7. The number of rotatable bonds is 6. The number of aliphatic imine (C=N–C) groups is 1. The first-order valence-electron chi connectivity index (χ1n) is 9.33. The van der Waals surface area contributed by atoms with Gasteiger partial charge in [-0.2, -0.15) is 13.2 Å². The minimum absolute atomic E-state index is 0. The van der Waals surface area contributed by atoms with Crippen LogP contribution in [0, 0.1) is 11.7 Å². The third-order valence-corrected chi connectivity index (χ3v) is 4.97. The second kappa shape index (κ2) is 10.5. The van der Waals surface area contributed by atoms with Gasteiger partial charge in [0.25, 0.3) is 0 Å². The van der Waals surface area contributed by atoms with Gasteiger partial charge in [0, 0.05) is 43.8 Å². The van der Waals surface area contributed by atoms with Crippen molar-refractivity contribution in [1.82, 2.24) is 20.5 Å². The van der Waals surface area contributed by atoms with Crippen molar-refractivity contribution < 1.29 is 17.6 Å². The molecule has 0 saturated carbocycles. The fraction of sp³-hybridized carbons (Fsp3) is 0.526. The van der Waals surface area contributed by atoms with Crippen molar-refractivity contribution in [2.45, 2.75) is 19.0 Å². The minimum Gasteiger partial charge on any atom is -0.361 e. The van der Waals surface area contributed by atoms with Gasteiger partial charge < -0.3 is 15.6 Å². The summed E-state index contributed by atoms with van der Waals surface area (Å²) in [5.41, 5.74) is 1.90. The SMILES string of the molecule is CN=C(NCCc1c[nH]c2ccc(F)cc12)NCC1CCN(CC(F)(F)F)C1.I. The van der Waals surface area contributed by atoms with E-state index in [-0.39, 0.29) is 35.7 Å². The third kappa shape index (κ3) is 7.02. The highest BCUT2D eigenvalue weighted by Gasteiger charge is 2.34. The largest absolute Gasteiger partial charge is 0.401 e. The number of aromatic amines is 1. The van der Waals surface area contributed by atoms with Gasteiger partial charge in [0.05, 0.1) is 6.54 Å². The zero-order chi connectivity index (χ0) is 20.1. The average Bonchev–Trinajstić information content (AvgIpc) is 3.23. The van der Waals surface area contributed by atoms with E-state index in [1.807, 2.05) is 6.20 Å². The van der Waals surface area contributed by atoms with Gasteiger partial charge in [-0.25, -0.2) is 4.39 Å². The maximum absolute atomic E-state index is 13.4. The van der Waals surface area contributed by atoms with E-state index >= 15 is 0 Å². The van der Waals surface area contributed by atoms with Crippen LogP contribution >= 0.6 is 24.0 Å². The van der Waals surface area contributed by atoms with Crippen LogP contribution in [0.5, 0.6) is 0 Å². The molecular weight excluding hydrogens is 501 g/mol. The van der Waals surface area contributed by atoms with Crippen molar-refractivity contribution >= 4 is 40.8 Å². The third-order valence-electron chi connectivity index (χ3n) is 4.97. The minimum atomic E-state index is -4.15. The molecule has 0 aliphatic carbocycles. The summed E-state index contributed by atoms with van der Waals surface area (Å²) in [5.74, 6) is 0.507. The smallest absolute Gasteiger partial charge is 0.361 e. The van der Waals surface area contributed by atoms with E-state index in [0.717, 1.165) is 22.9 Å². The summed E-state index contributed by atoms with van der Waals surface area (Å²) in [6.45, 7) is 1.24. The quantitative estimate of drug-likeness (QED) is 0.233. The molecule has 1 aliphatic rings. The van der Waals surface area contributed by atoms with E-state index in [1.54, 1.807) is 13.1 Å². The van der Waals surface area contributed by atoms with Crippen LogP contribution in [0.4, 0.5) is 17.6 Å². The molecular formula is C19H26F4IN5. The number of fused-ring (bicyclic) bond motifs is 1. The van der Waals surface area contributed by atoms with Crippen LogP contribution in [-0.4, -0.2) is 61.8 Å². The number of H-pyrrole nitrogens is 1. The molecule has 3 N–H and O–H groups in total. The Morgan fingerprint density at radius 3 is 2.83 bits per heavy atom. The van der Waals surface area contributed by atoms with E-state index in [4.69, 9.17) is 0 Å². The van der Waals surface area contributed by atoms with Gasteiger partial charge in [0.15, 0.2) is 5.96 Å². The molecule has 1 fully saturated rings. The molecule has 162 valence electrons. The lowest BCUT2D eigenvalue weighted by Crippen LogP contribution is -2.41. The fourth-order valence-electron chi connectivity index (χ4n) is 3.61. The highest BCUT2D eigenvalue weighted by atomic mass is 127. The number of hydrogen-bond donors (Lipinski definition) is 3. The predicted molar refractivity (Wildman–Crippen MR) is 117 cm³/mol. The monoisotopic (exact) mass is 527 g/mol. The topological polar surface area (TPSA) is 55.5 Å². The normalized spacial score (nSPS) is 18.1. The van der Waals surface area contributed by atoms with Gasteiger partial charge >= 0.3 is 6.18 Å². The summed E-state index contributed by atoms with van der Waals surface area (Å²) < 4.78 is 50.8. The van der Waals surface area contributed by atoms with E-state index in [1.165, 1.54) is 17.0 Å². The second-order valence-corrected chi connectivity index (χ2v) is 7.14. The van der Waals surface area contributed by atoms with Crippen molar-refractivity contribution in [3.63, 3.8) is 0 Å². The van der Waals surface area contributed by atoms with Gasteiger partial charge in [0.2, 0.25) is 0 Å². The zero-order valence-corrected chi connectivity index (χ0v) is 18.5. The van der Waals surface area contributed by atoms with Crippen molar-refractivity contribution in [2.24, 2.45) is 10.9 Å². The van der Waals surface area contributed by atoms with Crippen LogP contribution in [0.2, 0.25) is 0 Å². The molecule has 2 heterocycles. The van der Waals surface area contributed by atoms with Gasteiger partial charge in [0.1, 0.15) is 5.82 Å². The van der Waals surface area contributed by atoms with Crippen LogP contribution in [0.1, 0.15) is 12.0 Å². The standard InChI is InChI=1S/C19H25F4N5.HI/c1-24-18(27-9-13-5-7-28(11-13)12-19(21,22)23)25-6-4-14-10-26-17-3-2-15(20)8-16(14)17;/h2-3,8,10,13,26H,4-7,9,11-12H2,1H3,(H2,24,25,27);1H. The Morgan fingerprint density at radius 1 is 1.31 bits per heavy atom. The molecule has 5 nitrogen and oxygen atoms in total. The molecule has 1 atom stereocenters. The van der Waals surface area contributed by atoms with E-state index in [0.29, 0.717) is 38.6 Å². The molecule has 1 aromatic heterocycles. The molecule has 0 radical (unpaired) electrons. The molecule has 1 unspecified atom stereocenters. The highest BCUT2D eigenvalue weighted by Crippen LogP contribution is 2.22. The number of aromatic nitrogens is 1. The molecule has 29 heavy (non-hydrogen) atoms. The lowest BCUT2D eigenvalue weighted by Gasteiger charge is -2.18. The molecule has 0 spiro atoms. The highest BCUT2D eigenvalue weighted by molar-refractivity contribution is 14.0. The van der Waals surface area contributed by atoms with Gasteiger partial charge in [-0.3, -0.25) is 9.89 Å². The fourth-order valence-corrected chi connectivity index (χ4v) is 3.61. The first-order valence-corrected chi connectivity index (χ1v) is 9.33. The Labute approximate surface area is 184 Å². The molecule has 10 heteroatoms. The lowest BCUT2D eigenvalue weighted by molar-refractivity contribution is -0.143. The number of alkyl halides is 3. The van der Waals surface area contributed by atoms with E-state index in [2.05, 4.69) is 20.6 Å². The Kier molecular flexibility index (Phi) is 8.56. The summed E-state index contributed by atoms with van der Waals surface area (Å²) in [4.78, 5) is 8.72. The van der Waals surface area contributed by atoms with Gasteiger partial charge in [-0.15, -0.1) is 24.0 Å². The average molecular weight is 527 g/mol. The Morgan fingerprint density at radius 2 is 2.10 bits per heavy atom. The molecule has 2 aromatic rings. The molecule has 3 rings (SSSR count). The van der Waals surface area contributed by atoms with Crippen molar-refractivity contribution in [1.29, 1.82) is 0 Å². The Balaban J connectivity index is 0.00000300. The zero-order valence-electron chi connectivity index (χ0n) is 16.2. The van der Waals surface area contributed by atoms with Crippen LogP contribution in [0.3, 0.4) is 0 Å². The number of likely N-dealkylation sites (tertiary alicyclic amines) is 1. The van der Waals surface area contributed by atoms with E-state index in [9.17, 15) is 17.6 Å². The molecule has 0 bridgehead atoms. The van der Waals surface area contributed by atoms with Gasteiger partial charge in [-0.05, 0) is 49.1 Å². The number of nitrogens with zero attached hydrogens (tertiary/aromatic N) is 2. The van der Waals surface area contributed by atoms with Crippen molar-refractivity contribution in [3.05, 3.63) is 35.8 Å². The Hall–Kier alpha value is -1.56. The summed E-state index contributed by atoms with van der Waals surface area (Å²) in [6.07, 6.45) is -0.852. The summed E-state index contributed by atoms with van der Waals surface area (Å²) in [7, 11) is 1.65. The number of guanidine groups is 1. The number of benzene rings is 1. The maximum atomic E-state index is 13.4. The predicted octanol–water partition coefficient (Wildman–Crippen LogP) is 3.52. The molecule has 0 amide bonds. The number of hydrogen-bond acceptors (Lipinski definition) is 2. The number of nitrogens with one attached hydrogen (secondary N) is 3. The molecule has 1 saturated heterocycles. The summed E-state index contributed by atoms with van der Waals surface area (Å²) in [6, 6.07) is 4.65. The Bertz CT molecular complexity index is 821. The van der Waals surface area contributed by atoms with Crippen LogP contribution < -0.4 is 10.6 Å². The maximum Gasteiger partial charge on any atom is 0.401 e. The van der Waals surface area contributed by atoms with Crippen molar-refractivity contribution in [3.8, 4) is 0 Å². The second-order valence-electron chi connectivity index (χ2n) is 7.14. The van der Waals surface area contributed by atoms with Crippen LogP contribution in [-0.2, 0) is 6.42 Å². The van der Waals surface area contributed by atoms with Crippen molar-refractivity contribution in [2.75, 3.05) is 39.8 Å². The molecule has 1 aliphatic heterocycles. The van der Waals surface area contributed by atoms with Crippen LogP contribution in [0.25, 0.3) is 10.9 Å². The summed E-state index contributed by atoms with van der Waals surface area (Å²) in [5, 5.41) is 7.24. The number of halogens is 5.